The predicted octanol–water partition coefficient (Wildman–Crippen LogP) is 4.67. The van der Waals surface area contributed by atoms with E-state index in [1.165, 1.54) is 16.9 Å². The number of aromatic nitrogens is 2. The van der Waals surface area contributed by atoms with Crippen LogP contribution in [0.3, 0.4) is 0 Å². The molecular weight excluding hydrogens is 380 g/mol. The van der Waals surface area contributed by atoms with Crippen molar-refractivity contribution in [3.05, 3.63) is 88.4 Å². The fourth-order valence-electron chi connectivity index (χ4n) is 3.14. The second-order valence-electron chi connectivity index (χ2n) is 6.68. The van der Waals surface area contributed by atoms with Crippen LogP contribution in [0.4, 0.5) is 5.82 Å². The van der Waals surface area contributed by atoms with Crippen LogP contribution in [-0.4, -0.2) is 22.4 Å². The summed E-state index contributed by atoms with van der Waals surface area (Å²) in [6, 6.07) is 22.1. The van der Waals surface area contributed by atoms with Crippen molar-refractivity contribution in [3.8, 4) is 0 Å². The number of nitrogens with one attached hydrogen (secondary N) is 2. The number of hydrogen-bond acceptors (Lipinski definition) is 5. The second kappa shape index (κ2) is 9.30. The molecule has 2 heterocycles. The number of aryl methyl sites for hydroxylation is 1. The standard InChI is InChI=1S/C23H22N4OS/c28-23(20-13-7-15-29-20)25-16-21-26-19-12-5-4-11-18(19)22(27-21)24-14-6-10-17-8-2-1-3-9-17/h1-5,7-9,11-13,15H,6,10,14,16H2,(H,25,28)(H,24,26,27). The second-order valence-corrected chi connectivity index (χ2v) is 7.63. The first-order valence-electron chi connectivity index (χ1n) is 9.65. The van der Waals surface area contributed by atoms with Crippen LogP contribution in [0.2, 0.25) is 0 Å². The number of para-hydroxylation sites is 1. The summed E-state index contributed by atoms with van der Waals surface area (Å²) in [5.41, 5.74) is 2.20. The monoisotopic (exact) mass is 402 g/mol. The fourth-order valence-corrected chi connectivity index (χ4v) is 3.78. The Hall–Kier alpha value is -3.25. The summed E-state index contributed by atoms with van der Waals surface area (Å²) in [5.74, 6) is 1.30. The number of nitrogens with zero attached hydrogens (tertiary/aromatic N) is 2. The molecule has 0 fully saturated rings. The van der Waals surface area contributed by atoms with Gasteiger partial charge in [0.25, 0.3) is 5.91 Å². The van der Waals surface area contributed by atoms with Crippen molar-refractivity contribution in [2.75, 3.05) is 11.9 Å². The third-order valence-corrected chi connectivity index (χ3v) is 5.45. The molecule has 2 aromatic heterocycles. The molecule has 1 amide bonds. The molecule has 6 heteroatoms. The first-order chi connectivity index (χ1) is 14.3. The molecule has 0 aliphatic carbocycles. The Morgan fingerprint density at radius 2 is 1.76 bits per heavy atom. The van der Waals surface area contributed by atoms with Gasteiger partial charge in [0.2, 0.25) is 0 Å². The average Bonchev–Trinajstić information content (AvgIpc) is 3.31. The zero-order valence-corrected chi connectivity index (χ0v) is 16.8. The molecule has 5 nitrogen and oxygen atoms in total. The van der Waals surface area contributed by atoms with Crippen LogP contribution in [0.1, 0.15) is 27.5 Å². The van der Waals surface area contributed by atoms with Gasteiger partial charge in [-0.05, 0) is 42.0 Å². The van der Waals surface area contributed by atoms with Gasteiger partial charge in [0.15, 0.2) is 5.82 Å². The van der Waals surface area contributed by atoms with Gasteiger partial charge in [-0.1, -0.05) is 48.5 Å². The molecule has 0 bridgehead atoms. The maximum atomic E-state index is 12.2. The molecule has 0 atom stereocenters. The zero-order chi connectivity index (χ0) is 19.9. The Morgan fingerprint density at radius 3 is 2.59 bits per heavy atom. The SMILES string of the molecule is O=C(NCc1nc(NCCCc2ccccc2)c2ccccc2n1)c1cccs1. The van der Waals surface area contributed by atoms with Crippen LogP contribution in [0, 0.1) is 0 Å². The lowest BCUT2D eigenvalue weighted by Crippen LogP contribution is -2.23. The summed E-state index contributed by atoms with van der Waals surface area (Å²) in [4.78, 5) is 22.2. The highest BCUT2D eigenvalue weighted by molar-refractivity contribution is 7.12. The molecule has 0 saturated carbocycles. The summed E-state index contributed by atoms with van der Waals surface area (Å²) in [7, 11) is 0. The topological polar surface area (TPSA) is 66.9 Å². The normalized spacial score (nSPS) is 10.8. The van der Waals surface area contributed by atoms with E-state index in [1.807, 2.05) is 41.8 Å². The maximum Gasteiger partial charge on any atom is 0.261 e. The minimum Gasteiger partial charge on any atom is -0.369 e. The highest BCUT2D eigenvalue weighted by atomic mass is 32.1. The fraction of sp³-hybridized carbons (Fsp3) is 0.174. The van der Waals surface area contributed by atoms with Crippen molar-refractivity contribution in [2.24, 2.45) is 0 Å². The first kappa shape index (κ1) is 19.1. The van der Waals surface area contributed by atoms with E-state index in [9.17, 15) is 4.79 Å². The third-order valence-electron chi connectivity index (χ3n) is 4.58. The van der Waals surface area contributed by atoms with Crippen LogP contribution in [0.15, 0.2) is 72.1 Å². The van der Waals surface area contributed by atoms with Gasteiger partial charge in [0.1, 0.15) is 5.82 Å². The quantitative estimate of drug-likeness (QED) is 0.421. The molecule has 2 aromatic carbocycles. The van der Waals surface area contributed by atoms with E-state index in [4.69, 9.17) is 0 Å². The van der Waals surface area contributed by atoms with Crippen molar-refractivity contribution in [2.45, 2.75) is 19.4 Å². The number of fused-ring (bicyclic) bond motifs is 1. The summed E-state index contributed by atoms with van der Waals surface area (Å²) in [5, 5.41) is 9.23. The van der Waals surface area contributed by atoms with Crippen LogP contribution in [0.25, 0.3) is 10.9 Å². The van der Waals surface area contributed by atoms with Crippen molar-refractivity contribution in [3.63, 3.8) is 0 Å². The highest BCUT2D eigenvalue weighted by Gasteiger charge is 2.10. The van der Waals surface area contributed by atoms with Gasteiger partial charge >= 0.3 is 0 Å². The lowest BCUT2D eigenvalue weighted by atomic mass is 10.1. The summed E-state index contributed by atoms with van der Waals surface area (Å²) < 4.78 is 0. The number of carbonyl (C=O) groups is 1. The molecule has 0 radical (unpaired) electrons. The smallest absolute Gasteiger partial charge is 0.261 e. The number of anilines is 1. The zero-order valence-electron chi connectivity index (χ0n) is 16.0. The molecule has 4 rings (SSSR count). The summed E-state index contributed by atoms with van der Waals surface area (Å²) in [6.45, 7) is 1.11. The minimum absolute atomic E-state index is 0.103. The van der Waals surface area contributed by atoms with Crippen molar-refractivity contribution in [1.82, 2.24) is 15.3 Å². The molecule has 4 aromatic rings. The maximum absolute atomic E-state index is 12.2. The average molecular weight is 403 g/mol. The Labute approximate surface area is 173 Å². The molecule has 0 aliphatic heterocycles. The highest BCUT2D eigenvalue weighted by Crippen LogP contribution is 2.20. The van der Waals surface area contributed by atoms with Crippen molar-refractivity contribution < 1.29 is 4.79 Å². The number of thiophene rings is 1. The van der Waals surface area contributed by atoms with E-state index in [-0.39, 0.29) is 5.91 Å². The molecule has 0 spiro atoms. The first-order valence-corrected chi connectivity index (χ1v) is 10.5. The number of benzene rings is 2. The van der Waals surface area contributed by atoms with E-state index in [1.54, 1.807) is 6.07 Å². The van der Waals surface area contributed by atoms with Crippen LogP contribution >= 0.6 is 11.3 Å². The Bertz CT molecular complexity index is 1080. The van der Waals surface area contributed by atoms with Gasteiger partial charge in [0, 0.05) is 11.9 Å². The van der Waals surface area contributed by atoms with Crippen LogP contribution in [-0.2, 0) is 13.0 Å². The molecule has 0 saturated heterocycles. The Morgan fingerprint density at radius 1 is 0.931 bits per heavy atom. The van der Waals surface area contributed by atoms with Gasteiger partial charge in [-0.15, -0.1) is 11.3 Å². The molecule has 0 aliphatic rings. The van der Waals surface area contributed by atoms with Gasteiger partial charge in [0.05, 0.1) is 16.9 Å². The van der Waals surface area contributed by atoms with Gasteiger partial charge < -0.3 is 10.6 Å². The molecular formula is C23H22N4OS. The summed E-state index contributed by atoms with van der Waals surface area (Å²) >= 11 is 1.42. The summed E-state index contributed by atoms with van der Waals surface area (Å²) in [6.07, 6.45) is 2.02. The minimum atomic E-state index is -0.103. The lowest BCUT2D eigenvalue weighted by molar-refractivity contribution is 0.0954. The largest absolute Gasteiger partial charge is 0.369 e. The predicted molar refractivity (Wildman–Crippen MR) is 118 cm³/mol. The number of rotatable bonds is 8. The molecule has 2 N–H and O–H groups in total. The number of amides is 1. The lowest BCUT2D eigenvalue weighted by Gasteiger charge is -2.11. The van der Waals surface area contributed by atoms with Crippen molar-refractivity contribution in [1.29, 1.82) is 0 Å². The van der Waals surface area contributed by atoms with E-state index >= 15 is 0 Å². The van der Waals surface area contributed by atoms with E-state index < -0.39 is 0 Å². The van der Waals surface area contributed by atoms with E-state index in [0.717, 1.165) is 36.1 Å². The van der Waals surface area contributed by atoms with Crippen molar-refractivity contribution >= 4 is 34.0 Å². The molecule has 0 unspecified atom stereocenters. The third kappa shape index (κ3) is 4.97. The number of hydrogen-bond donors (Lipinski definition) is 2. The van der Waals surface area contributed by atoms with Gasteiger partial charge in [-0.25, -0.2) is 9.97 Å². The van der Waals surface area contributed by atoms with Crippen LogP contribution < -0.4 is 10.6 Å². The molecule has 29 heavy (non-hydrogen) atoms. The Kier molecular flexibility index (Phi) is 6.12. The van der Waals surface area contributed by atoms with E-state index in [0.29, 0.717) is 17.2 Å². The Balaban J connectivity index is 1.43. The molecule has 146 valence electrons. The van der Waals surface area contributed by atoms with Gasteiger partial charge in [-0.3, -0.25) is 4.79 Å². The van der Waals surface area contributed by atoms with Gasteiger partial charge in [-0.2, -0.15) is 0 Å². The number of carbonyl (C=O) groups excluding carboxylic acids is 1. The van der Waals surface area contributed by atoms with E-state index in [2.05, 4.69) is 44.9 Å². The van der Waals surface area contributed by atoms with Crippen LogP contribution in [0.5, 0.6) is 0 Å².